The number of nitrogens with zero attached hydrogens (tertiary/aromatic N) is 2. The molecule has 0 spiro atoms. The first-order chi connectivity index (χ1) is 8.35. The van der Waals surface area contributed by atoms with Crippen LogP contribution in [0.5, 0.6) is 0 Å². The Morgan fingerprint density at radius 1 is 1.50 bits per heavy atom. The normalized spacial score (nSPS) is 13.3. The molecule has 0 bridgehead atoms. The van der Waals surface area contributed by atoms with Gasteiger partial charge in [-0.25, -0.2) is 13.1 Å². The quantitative estimate of drug-likeness (QED) is 0.583. The Labute approximate surface area is 118 Å². The zero-order chi connectivity index (χ0) is 13.8. The molecule has 7 nitrogen and oxygen atoms in total. The highest BCUT2D eigenvalue weighted by atomic mass is 79.9. The van der Waals surface area contributed by atoms with Crippen molar-refractivity contribution >= 4 is 48.3 Å². The van der Waals surface area contributed by atoms with Crippen LogP contribution >= 0.6 is 27.3 Å². The van der Waals surface area contributed by atoms with Crippen molar-refractivity contribution in [3.63, 3.8) is 0 Å². The van der Waals surface area contributed by atoms with Crippen molar-refractivity contribution in [2.24, 2.45) is 0 Å². The molecule has 1 atom stereocenters. The summed E-state index contributed by atoms with van der Waals surface area (Å²) in [7, 11) is -3.67. The van der Waals surface area contributed by atoms with Gasteiger partial charge in [0, 0.05) is 18.3 Å². The number of rotatable bonds is 6. The number of carbonyl (C=O) groups excluding carboxylic acids is 1. The molecule has 1 aromatic heterocycles. The lowest BCUT2D eigenvalue weighted by Crippen LogP contribution is -2.32. The fourth-order valence-electron chi connectivity index (χ4n) is 1.06. The highest BCUT2D eigenvalue weighted by Crippen LogP contribution is 2.20. The van der Waals surface area contributed by atoms with E-state index in [9.17, 15) is 13.2 Å². The number of nitrogens with one attached hydrogen (secondary N) is 2. The number of carbonyl (C=O) groups is 1. The largest absolute Gasteiger partial charge is 0.301 e. The Morgan fingerprint density at radius 3 is 2.72 bits per heavy atom. The van der Waals surface area contributed by atoms with E-state index in [1.165, 1.54) is 6.92 Å². The third kappa shape index (κ3) is 4.59. The third-order valence-electron chi connectivity index (χ3n) is 1.82. The van der Waals surface area contributed by atoms with Crippen LogP contribution in [0.3, 0.4) is 0 Å². The zero-order valence-corrected chi connectivity index (χ0v) is 13.0. The topological polar surface area (TPSA) is 101 Å². The molecule has 0 saturated carbocycles. The zero-order valence-electron chi connectivity index (χ0n) is 9.81. The minimum absolute atomic E-state index is 0.160. The molecule has 18 heavy (non-hydrogen) atoms. The maximum absolute atomic E-state index is 11.9. The number of halogens is 1. The summed E-state index contributed by atoms with van der Waals surface area (Å²) in [5.41, 5.74) is 0. The predicted octanol–water partition coefficient (Wildman–Crippen LogP) is 0.948. The van der Waals surface area contributed by atoms with Crippen LogP contribution in [-0.2, 0) is 14.8 Å². The Kier molecular flexibility index (Phi) is 5.63. The van der Waals surface area contributed by atoms with Gasteiger partial charge in [0.25, 0.3) is 10.0 Å². The van der Waals surface area contributed by atoms with Crippen molar-refractivity contribution in [3.8, 4) is 0 Å². The molecule has 10 heteroatoms. The van der Waals surface area contributed by atoms with E-state index in [4.69, 9.17) is 0 Å². The van der Waals surface area contributed by atoms with Crippen molar-refractivity contribution in [2.75, 3.05) is 10.6 Å². The SMILES string of the molecule is CC(=O)Nc1nnc(S(=O)(=O)NC(C)CCBr)s1. The molecule has 1 heterocycles. The smallest absolute Gasteiger partial charge is 0.270 e. The molecule has 1 rings (SSSR count). The van der Waals surface area contributed by atoms with Gasteiger partial charge in [-0.1, -0.05) is 27.3 Å². The highest BCUT2D eigenvalue weighted by molar-refractivity contribution is 9.09. The summed E-state index contributed by atoms with van der Waals surface area (Å²) in [5.74, 6) is -0.323. The Bertz CT molecular complexity index is 516. The van der Waals surface area contributed by atoms with Gasteiger partial charge >= 0.3 is 0 Å². The molecule has 0 aliphatic carbocycles. The van der Waals surface area contributed by atoms with Gasteiger partial charge in [-0.15, -0.1) is 10.2 Å². The van der Waals surface area contributed by atoms with Crippen LogP contribution in [0.25, 0.3) is 0 Å². The second kappa shape index (κ2) is 6.55. The molecule has 102 valence electrons. The Morgan fingerprint density at radius 2 is 2.17 bits per heavy atom. The van der Waals surface area contributed by atoms with Crippen LogP contribution in [0.1, 0.15) is 20.3 Å². The Hall–Kier alpha value is -0.580. The molecule has 0 aromatic carbocycles. The number of alkyl halides is 1. The summed E-state index contributed by atoms with van der Waals surface area (Å²) in [4.78, 5) is 10.8. The van der Waals surface area contributed by atoms with Gasteiger partial charge in [-0.05, 0) is 13.3 Å². The van der Waals surface area contributed by atoms with Gasteiger partial charge in [-0.2, -0.15) is 0 Å². The molecule has 0 radical (unpaired) electrons. The second-order valence-electron chi connectivity index (χ2n) is 3.55. The van der Waals surface area contributed by atoms with E-state index in [1.54, 1.807) is 6.92 Å². The van der Waals surface area contributed by atoms with Crippen LogP contribution < -0.4 is 10.0 Å². The van der Waals surface area contributed by atoms with Crippen LogP contribution in [-0.4, -0.2) is 35.9 Å². The summed E-state index contributed by atoms with van der Waals surface area (Å²) in [5, 5.41) is 10.4. The second-order valence-corrected chi connectivity index (χ2v) is 7.21. The van der Waals surface area contributed by atoms with Gasteiger partial charge in [0.1, 0.15) is 0 Å². The number of sulfonamides is 1. The van der Waals surface area contributed by atoms with Crippen molar-refractivity contribution in [1.29, 1.82) is 0 Å². The van der Waals surface area contributed by atoms with Gasteiger partial charge in [0.05, 0.1) is 0 Å². The van der Waals surface area contributed by atoms with Crippen molar-refractivity contribution in [3.05, 3.63) is 0 Å². The lowest BCUT2D eigenvalue weighted by Gasteiger charge is -2.10. The molecule has 0 fully saturated rings. The van der Waals surface area contributed by atoms with Crippen molar-refractivity contribution in [2.45, 2.75) is 30.6 Å². The minimum atomic E-state index is -3.67. The van der Waals surface area contributed by atoms with E-state index in [2.05, 4.69) is 36.2 Å². The van der Waals surface area contributed by atoms with Crippen molar-refractivity contribution < 1.29 is 13.2 Å². The van der Waals surface area contributed by atoms with Crippen LogP contribution in [0.15, 0.2) is 4.34 Å². The highest BCUT2D eigenvalue weighted by Gasteiger charge is 2.22. The standard InChI is InChI=1S/C8H13BrN4O3S2/c1-5(3-4-9)13-18(15,16)8-12-11-7(17-8)10-6(2)14/h5,13H,3-4H2,1-2H3,(H,10,11,14). The summed E-state index contributed by atoms with van der Waals surface area (Å²) >= 11 is 4.05. The van der Waals surface area contributed by atoms with Gasteiger partial charge in [0.2, 0.25) is 15.4 Å². The van der Waals surface area contributed by atoms with Crippen LogP contribution in [0, 0.1) is 0 Å². The van der Waals surface area contributed by atoms with E-state index < -0.39 is 10.0 Å². The number of hydrogen-bond donors (Lipinski definition) is 2. The molecule has 0 aliphatic heterocycles. The maximum atomic E-state index is 11.9. The molecule has 1 amide bonds. The summed E-state index contributed by atoms with van der Waals surface area (Å²) in [6.45, 7) is 3.07. The first kappa shape index (κ1) is 15.5. The van der Waals surface area contributed by atoms with Crippen molar-refractivity contribution in [1.82, 2.24) is 14.9 Å². The number of amides is 1. The molecule has 0 saturated heterocycles. The van der Waals surface area contributed by atoms with E-state index in [1.807, 2.05) is 0 Å². The average Bonchev–Trinajstić information content (AvgIpc) is 2.65. The van der Waals surface area contributed by atoms with Gasteiger partial charge < -0.3 is 5.32 Å². The number of hydrogen-bond acceptors (Lipinski definition) is 6. The van der Waals surface area contributed by atoms with Gasteiger partial charge in [0.15, 0.2) is 0 Å². The third-order valence-corrected chi connectivity index (χ3v) is 5.07. The predicted molar refractivity (Wildman–Crippen MR) is 72.4 cm³/mol. The molecule has 0 aliphatic rings. The fraction of sp³-hybridized carbons (Fsp3) is 0.625. The van der Waals surface area contributed by atoms with Crippen LogP contribution in [0.2, 0.25) is 0 Å². The minimum Gasteiger partial charge on any atom is -0.301 e. The van der Waals surface area contributed by atoms with E-state index in [-0.39, 0.29) is 21.4 Å². The maximum Gasteiger partial charge on any atom is 0.270 e. The fourth-order valence-corrected chi connectivity index (χ4v) is 3.98. The average molecular weight is 357 g/mol. The first-order valence-corrected chi connectivity index (χ1v) is 8.46. The summed E-state index contributed by atoms with van der Waals surface area (Å²) in [6.07, 6.45) is 0.663. The first-order valence-electron chi connectivity index (χ1n) is 5.04. The Balaban J connectivity index is 2.79. The molecule has 1 unspecified atom stereocenters. The van der Waals surface area contributed by atoms with E-state index in [0.29, 0.717) is 11.8 Å². The van der Waals surface area contributed by atoms with Gasteiger partial charge in [-0.3, -0.25) is 4.79 Å². The lowest BCUT2D eigenvalue weighted by atomic mass is 10.3. The van der Waals surface area contributed by atoms with E-state index in [0.717, 1.165) is 11.3 Å². The molecule has 1 aromatic rings. The number of anilines is 1. The molecule has 2 N–H and O–H groups in total. The lowest BCUT2D eigenvalue weighted by molar-refractivity contribution is -0.114. The monoisotopic (exact) mass is 356 g/mol. The number of aromatic nitrogens is 2. The molecular weight excluding hydrogens is 344 g/mol. The summed E-state index contributed by atoms with van der Waals surface area (Å²) in [6, 6.07) is -0.206. The molecular formula is C8H13BrN4O3S2. The van der Waals surface area contributed by atoms with Crippen LogP contribution in [0.4, 0.5) is 5.13 Å². The summed E-state index contributed by atoms with van der Waals surface area (Å²) < 4.78 is 26.1. The van der Waals surface area contributed by atoms with E-state index >= 15 is 0 Å².